The molecule has 0 aliphatic heterocycles. The van der Waals surface area contributed by atoms with Gasteiger partial charge in [0.25, 0.3) is 5.91 Å². The SMILES string of the molecule is CN(C)C(=O)c1ccc(-c2ccc3c(c2)[C@H](c2ccccc2)[C@](C)(C(=O)Nc2nccs2)C3)cc1. The second kappa shape index (κ2) is 9.12. The average Bonchev–Trinajstić information content (AvgIpc) is 3.49. The van der Waals surface area contributed by atoms with Crippen LogP contribution in [0.15, 0.2) is 84.4 Å². The third kappa shape index (κ3) is 4.26. The lowest BCUT2D eigenvalue weighted by Gasteiger charge is -2.31. The van der Waals surface area contributed by atoms with Crippen LogP contribution in [0.1, 0.15) is 39.9 Å². The first-order valence-corrected chi connectivity index (χ1v) is 12.5. The van der Waals surface area contributed by atoms with Gasteiger partial charge < -0.3 is 10.2 Å². The van der Waals surface area contributed by atoms with E-state index < -0.39 is 5.41 Å². The molecule has 0 spiro atoms. The summed E-state index contributed by atoms with van der Waals surface area (Å²) in [5.41, 5.74) is 5.57. The number of aromatic nitrogens is 1. The molecule has 4 aromatic rings. The van der Waals surface area contributed by atoms with E-state index in [4.69, 9.17) is 0 Å². The number of fused-ring (bicyclic) bond motifs is 1. The van der Waals surface area contributed by atoms with Crippen LogP contribution in [0.25, 0.3) is 11.1 Å². The summed E-state index contributed by atoms with van der Waals surface area (Å²) in [5.74, 6) is -0.129. The zero-order chi connectivity index (χ0) is 24.6. The lowest BCUT2D eigenvalue weighted by atomic mass is 9.73. The van der Waals surface area contributed by atoms with Crippen molar-refractivity contribution in [2.24, 2.45) is 5.41 Å². The van der Waals surface area contributed by atoms with Crippen LogP contribution in [0.2, 0.25) is 0 Å². The fourth-order valence-electron chi connectivity index (χ4n) is 5.04. The van der Waals surface area contributed by atoms with Gasteiger partial charge in [-0.1, -0.05) is 60.7 Å². The fraction of sp³-hybridized carbons (Fsp3) is 0.207. The lowest BCUT2D eigenvalue weighted by Crippen LogP contribution is -2.37. The molecule has 1 N–H and O–H groups in total. The molecule has 2 amide bonds. The van der Waals surface area contributed by atoms with Crippen molar-refractivity contribution in [2.45, 2.75) is 19.3 Å². The summed E-state index contributed by atoms with van der Waals surface area (Å²) in [6.07, 6.45) is 2.35. The van der Waals surface area contributed by atoms with Crippen LogP contribution < -0.4 is 5.32 Å². The Labute approximate surface area is 209 Å². The molecule has 0 bridgehead atoms. The molecular weight excluding hydrogens is 454 g/mol. The maximum absolute atomic E-state index is 13.6. The summed E-state index contributed by atoms with van der Waals surface area (Å²) in [7, 11) is 3.50. The molecule has 0 radical (unpaired) electrons. The Morgan fingerprint density at radius 3 is 2.37 bits per heavy atom. The number of anilines is 1. The van der Waals surface area contributed by atoms with Crippen molar-refractivity contribution in [2.75, 3.05) is 19.4 Å². The summed E-state index contributed by atoms with van der Waals surface area (Å²) in [6, 6.07) is 24.4. The molecule has 0 saturated heterocycles. The fourth-order valence-corrected chi connectivity index (χ4v) is 5.56. The van der Waals surface area contributed by atoms with Gasteiger partial charge in [-0.25, -0.2) is 4.98 Å². The molecule has 3 aromatic carbocycles. The van der Waals surface area contributed by atoms with Crippen molar-refractivity contribution in [1.29, 1.82) is 0 Å². The topological polar surface area (TPSA) is 62.3 Å². The number of nitrogens with zero attached hydrogens (tertiary/aromatic N) is 2. The van der Waals surface area contributed by atoms with Gasteiger partial charge in [-0.3, -0.25) is 9.59 Å². The Morgan fingerprint density at radius 2 is 1.71 bits per heavy atom. The van der Waals surface area contributed by atoms with E-state index in [0.717, 1.165) is 16.7 Å². The van der Waals surface area contributed by atoms with E-state index in [-0.39, 0.29) is 17.7 Å². The highest BCUT2D eigenvalue weighted by Gasteiger charge is 2.49. The van der Waals surface area contributed by atoms with Crippen molar-refractivity contribution >= 4 is 28.3 Å². The van der Waals surface area contributed by atoms with E-state index in [9.17, 15) is 9.59 Å². The van der Waals surface area contributed by atoms with Gasteiger partial charge in [0.2, 0.25) is 5.91 Å². The third-order valence-corrected chi connectivity index (χ3v) is 7.52. The summed E-state index contributed by atoms with van der Waals surface area (Å²) >= 11 is 1.42. The van der Waals surface area contributed by atoms with Gasteiger partial charge in [-0.2, -0.15) is 0 Å². The zero-order valence-electron chi connectivity index (χ0n) is 20.0. The Morgan fingerprint density at radius 1 is 1.00 bits per heavy atom. The minimum Gasteiger partial charge on any atom is -0.345 e. The van der Waals surface area contributed by atoms with Crippen molar-refractivity contribution in [3.63, 3.8) is 0 Å². The maximum atomic E-state index is 13.6. The van der Waals surface area contributed by atoms with Gasteiger partial charge in [0.1, 0.15) is 0 Å². The standard InChI is InChI=1S/C29H27N3O2S/c1-29(27(34)31-28-30-15-16-35-28)18-23-14-13-22(17-24(23)25(29)20-7-5-4-6-8-20)19-9-11-21(12-10-19)26(33)32(2)3/h4-17,25H,18H2,1-3H3,(H,30,31,34)/t25-,29+/m0/s1. The van der Waals surface area contributed by atoms with E-state index in [2.05, 4.69) is 47.6 Å². The van der Waals surface area contributed by atoms with Gasteiger partial charge in [0.05, 0.1) is 5.41 Å². The van der Waals surface area contributed by atoms with Crippen molar-refractivity contribution in [3.8, 4) is 11.1 Å². The molecule has 6 heteroatoms. The van der Waals surface area contributed by atoms with Crippen LogP contribution in [0.5, 0.6) is 0 Å². The van der Waals surface area contributed by atoms with Crippen LogP contribution in [-0.4, -0.2) is 35.8 Å². The second-order valence-corrected chi connectivity index (χ2v) is 10.3. The summed E-state index contributed by atoms with van der Waals surface area (Å²) in [4.78, 5) is 31.7. The normalized spacial score (nSPS) is 18.7. The highest BCUT2D eigenvalue weighted by atomic mass is 32.1. The molecule has 1 aromatic heterocycles. The average molecular weight is 482 g/mol. The highest BCUT2D eigenvalue weighted by Crippen LogP contribution is 2.52. The Balaban J connectivity index is 1.54. The summed E-state index contributed by atoms with van der Waals surface area (Å²) in [6.45, 7) is 2.05. The first-order chi connectivity index (χ1) is 16.9. The molecule has 1 aliphatic carbocycles. The van der Waals surface area contributed by atoms with Crippen molar-refractivity contribution in [1.82, 2.24) is 9.88 Å². The Kier molecular flexibility index (Phi) is 5.99. The van der Waals surface area contributed by atoms with Gasteiger partial charge in [-0.15, -0.1) is 11.3 Å². The predicted molar refractivity (Wildman–Crippen MR) is 141 cm³/mol. The zero-order valence-corrected chi connectivity index (χ0v) is 20.8. The van der Waals surface area contributed by atoms with Crippen LogP contribution >= 0.6 is 11.3 Å². The molecular formula is C29H27N3O2S. The summed E-state index contributed by atoms with van der Waals surface area (Å²) in [5, 5.41) is 5.52. The molecule has 1 aliphatic rings. The quantitative estimate of drug-likeness (QED) is 0.389. The van der Waals surface area contributed by atoms with Crippen LogP contribution in [0, 0.1) is 5.41 Å². The van der Waals surface area contributed by atoms with E-state index >= 15 is 0 Å². The Bertz CT molecular complexity index is 1370. The number of carbonyl (C=O) groups excluding carboxylic acids is 2. The van der Waals surface area contributed by atoms with Gasteiger partial charge >= 0.3 is 0 Å². The first kappa shape index (κ1) is 23.0. The van der Waals surface area contributed by atoms with Crippen LogP contribution in [0.3, 0.4) is 0 Å². The molecule has 0 fully saturated rings. The van der Waals surface area contributed by atoms with Gasteiger partial charge in [0.15, 0.2) is 5.13 Å². The largest absolute Gasteiger partial charge is 0.345 e. The molecule has 176 valence electrons. The number of nitrogens with one attached hydrogen (secondary N) is 1. The van der Waals surface area contributed by atoms with Gasteiger partial charge in [-0.05, 0) is 53.3 Å². The molecule has 35 heavy (non-hydrogen) atoms. The molecule has 1 heterocycles. The molecule has 5 rings (SSSR count). The molecule has 0 saturated carbocycles. The van der Waals surface area contributed by atoms with E-state index in [1.807, 2.05) is 47.8 Å². The van der Waals surface area contributed by atoms with E-state index in [0.29, 0.717) is 17.1 Å². The van der Waals surface area contributed by atoms with Crippen molar-refractivity contribution in [3.05, 3.63) is 107 Å². The molecule has 0 unspecified atom stereocenters. The van der Waals surface area contributed by atoms with Crippen LogP contribution in [-0.2, 0) is 11.2 Å². The number of hydrogen-bond donors (Lipinski definition) is 1. The monoisotopic (exact) mass is 481 g/mol. The minimum atomic E-state index is -0.657. The molecule has 2 atom stereocenters. The number of carbonyl (C=O) groups is 2. The summed E-state index contributed by atoms with van der Waals surface area (Å²) < 4.78 is 0. The number of benzene rings is 3. The lowest BCUT2D eigenvalue weighted by molar-refractivity contribution is -0.125. The van der Waals surface area contributed by atoms with E-state index in [1.54, 1.807) is 25.2 Å². The number of thiazole rings is 1. The number of rotatable bonds is 5. The Hall–Kier alpha value is -3.77. The molecule has 5 nitrogen and oxygen atoms in total. The van der Waals surface area contributed by atoms with Crippen LogP contribution in [0.4, 0.5) is 5.13 Å². The second-order valence-electron chi connectivity index (χ2n) is 9.42. The first-order valence-electron chi connectivity index (χ1n) is 11.6. The smallest absolute Gasteiger partial charge is 0.253 e. The minimum absolute atomic E-state index is 0.0170. The third-order valence-electron chi connectivity index (χ3n) is 6.83. The van der Waals surface area contributed by atoms with Gasteiger partial charge in [0, 0.05) is 37.2 Å². The van der Waals surface area contributed by atoms with E-state index in [1.165, 1.54) is 22.5 Å². The maximum Gasteiger partial charge on any atom is 0.253 e. The highest BCUT2D eigenvalue weighted by molar-refractivity contribution is 7.13. The number of amides is 2. The van der Waals surface area contributed by atoms with Crippen molar-refractivity contribution < 1.29 is 9.59 Å². The number of hydrogen-bond acceptors (Lipinski definition) is 4. The predicted octanol–water partition coefficient (Wildman–Crippen LogP) is 5.84.